The fourth-order valence-electron chi connectivity index (χ4n) is 2.16. The molecule has 0 aromatic rings. The van der Waals surface area contributed by atoms with Crippen molar-refractivity contribution < 1.29 is 32.5 Å². The lowest BCUT2D eigenvalue weighted by molar-refractivity contribution is -0.314. The Balaban J connectivity index is 2.25. The van der Waals surface area contributed by atoms with Crippen LogP contribution in [-0.2, 0) is 4.74 Å². The van der Waals surface area contributed by atoms with Crippen LogP contribution in [0.5, 0.6) is 0 Å². The molecule has 0 aromatic heterocycles. The fourth-order valence-corrected chi connectivity index (χ4v) is 3.29. The van der Waals surface area contributed by atoms with E-state index in [1.165, 1.54) is 0 Å². The van der Waals surface area contributed by atoms with Crippen LogP contribution in [0.25, 0.3) is 0 Å². The van der Waals surface area contributed by atoms with Gasteiger partial charge >= 0.3 is 6.18 Å². The van der Waals surface area contributed by atoms with Crippen LogP contribution in [0, 0.1) is 0 Å². The molecule has 0 saturated carbocycles. The number of hydrogen-bond donors (Lipinski definition) is 2. The Morgan fingerprint density at radius 1 is 1.33 bits per heavy atom. The summed E-state index contributed by atoms with van der Waals surface area (Å²) < 4.78 is 57.9. The first-order valence-corrected chi connectivity index (χ1v) is 7.03. The van der Waals surface area contributed by atoms with Crippen molar-refractivity contribution in [1.82, 2.24) is 4.90 Å². The average molecular weight is 332 g/mol. The van der Waals surface area contributed by atoms with Gasteiger partial charge in [-0.2, -0.15) is 13.2 Å². The summed E-state index contributed by atoms with van der Waals surface area (Å²) in [5.41, 5.74) is -4.37. The summed E-state index contributed by atoms with van der Waals surface area (Å²) in [5.74, 6) is 0. The molecule has 21 heavy (non-hydrogen) atoms. The van der Waals surface area contributed by atoms with Crippen molar-refractivity contribution in [3.05, 3.63) is 0 Å². The Morgan fingerprint density at radius 2 is 1.90 bits per heavy atom. The van der Waals surface area contributed by atoms with E-state index in [1.807, 2.05) is 0 Å². The average Bonchev–Trinajstić information content (AvgIpc) is 2.76. The fraction of sp³-hybridized carbons (Fsp3) is 0.909. The predicted octanol–water partition coefficient (Wildman–Crippen LogP) is 0.757. The molecule has 1 fully saturated rings. The molecule has 2 aliphatic heterocycles. The second kappa shape index (κ2) is 5.25. The van der Waals surface area contributed by atoms with Gasteiger partial charge in [0.05, 0.1) is 0 Å². The highest BCUT2D eigenvalue weighted by molar-refractivity contribution is 8.14. The van der Waals surface area contributed by atoms with Gasteiger partial charge in [-0.1, -0.05) is 11.8 Å². The summed E-state index contributed by atoms with van der Waals surface area (Å²) in [6, 6.07) is -1.09. The second-order valence-corrected chi connectivity index (χ2v) is 6.49. The predicted molar refractivity (Wildman–Crippen MR) is 68.7 cm³/mol. The van der Waals surface area contributed by atoms with Crippen LogP contribution in [0.3, 0.4) is 0 Å². The third-order valence-electron chi connectivity index (χ3n) is 3.51. The zero-order valence-corrected chi connectivity index (χ0v) is 12.3. The van der Waals surface area contributed by atoms with Crippen LogP contribution < -0.4 is 0 Å². The summed E-state index contributed by atoms with van der Waals surface area (Å²) in [5, 5.41) is 19.8. The van der Waals surface area contributed by atoms with Crippen molar-refractivity contribution in [2.75, 3.05) is 14.1 Å². The number of ether oxygens (including phenoxy) is 1. The Kier molecular flexibility index (Phi) is 4.20. The standard InChI is InChI=1S/C11H16F4N2O3S/c1-10(19,11(13,14)15)7-6(18)4(12)5-8(20-7)21-9(16-5)17(2)3/h4-8,18-19H,1-3H3/t4-,5-,6+,7?,8-,10?/m1/s1. The molecule has 0 radical (unpaired) electrons. The SMILES string of the molecule is CN(C)C1=N[C@@H]2[C@@H](F)[C@H](O)C(C(C)(O)C(F)(F)F)O[C@@H]2S1. The number of nitrogens with zero attached hydrogens (tertiary/aromatic N) is 2. The minimum Gasteiger partial charge on any atom is -0.387 e. The van der Waals surface area contributed by atoms with E-state index < -0.39 is 41.6 Å². The van der Waals surface area contributed by atoms with E-state index in [0.717, 1.165) is 11.8 Å². The van der Waals surface area contributed by atoms with E-state index in [0.29, 0.717) is 12.1 Å². The van der Waals surface area contributed by atoms with Crippen LogP contribution in [0.4, 0.5) is 17.6 Å². The highest BCUT2D eigenvalue weighted by atomic mass is 32.2. The van der Waals surface area contributed by atoms with Gasteiger partial charge in [0, 0.05) is 14.1 Å². The van der Waals surface area contributed by atoms with Gasteiger partial charge in [0.2, 0.25) is 0 Å². The monoisotopic (exact) mass is 332 g/mol. The molecule has 0 aliphatic carbocycles. The lowest BCUT2D eigenvalue weighted by Crippen LogP contribution is -2.65. The summed E-state index contributed by atoms with van der Waals surface area (Å²) in [7, 11) is 3.30. The van der Waals surface area contributed by atoms with Crippen LogP contribution in [0.2, 0.25) is 0 Å². The molecule has 122 valence electrons. The van der Waals surface area contributed by atoms with Crippen LogP contribution in [0.15, 0.2) is 4.99 Å². The van der Waals surface area contributed by atoms with Crippen LogP contribution in [-0.4, -0.2) is 76.0 Å². The Hall–Kier alpha value is -0.580. The number of amidine groups is 1. The van der Waals surface area contributed by atoms with E-state index in [4.69, 9.17) is 4.74 Å². The number of aliphatic imine (C=N–C) groups is 1. The molecule has 2 rings (SSSR count). The molecule has 2 N–H and O–H groups in total. The number of alkyl halides is 4. The summed E-state index contributed by atoms with van der Waals surface area (Å²) in [6.07, 6.45) is -11.3. The normalized spacial score (nSPS) is 39.5. The molecular formula is C11H16F4N2O3S. The number of aliphatic hydroxyl groups is 2. The number of hydrogen-bond acceptors (Lipinski definition) is 6. The van der Waals surface area contributed by atoms with E-state index in [1.54, 1.807) is 19.0 Å². The lowest BCUT2D eigenvalue weighted by Gasteiger charge is -2.43. The van der Waals surface area contributed by atoms with Crippen molar-refractivity contribution in [3.8, 4) is 0 Å². The summed E-state index contributed by atoms with van der Waals surface area (Å²) >= 11 is 0.963. The van der Waals surface area contributed by atoms with Gasteiger partial charge < -0.3 is 19.8 Å². The van der Waals surface area contributed by atoms with Gasteiger partial charge in [-0.3, -0.25) is 4.99 Å². The van der Waals surface area contributed by atoms with Gasteiger partial charge in [0.1, 0.15) is 23.7 Å². The van der Waals surface area contributed by atoms with Gasteiger partial charge in [-0.15, -0.1) is 0 Å². The van der Waals surface area contributed by atoms with E-state index in [-0.39, 0.29) is 0 Å². The van der Waals surface area contributed by atoms with Crippen molar-refractivity contribution in [1.29, 1.82) is 0 Å². The second-order valence-electron chi connectivity index (χ2n) is 5.42. The molecule has 0 spiro atoms. The third-order valence-corrected chi connectivity index (χ3v) is 4.82. The molecule has 10 heteroatoms. The molecule has 1 saturated heterocycles. The van der Waals surface area contributed by atoms with Crippen LogP contribution >= 0.6 is 11.8 Å². The van der Waals surface area contributed by atoms with Gasteiger partial charge in [0.25, 0.3) is 0 Å². The quantitative estimate of drug-likeness (QED) is 0.694. The van der Waals surface area contributed by atoms with Crippen molar-refractivity contribution in [2.24, 2.45) is 4.99 Å². The Labute approximate surface area is 123 Å². The van der Waals surface area contributed by atoms with Gasteiger partial charge in [-0.25, -0.2) is 4.39 Å². The maximum absolute atomic E-state index is 14.2. The molecule has 5 nitrogen and oxygen atoms in total. The van der Waals surface area contributed by atoms with Crippen LogP contribution in [0.1, 0.15) is 6.92 Å². The molecule has 2 aliphatic rings. The molecule has 0 aromatic carbocycles. The summed E-state index contributed by atoms with van der Waals surface area (Å²) in [6.45, 7) is 0.460. The van der Waals surface area contributed by atoms with Gasteiger partial charge in [-0.05, 0) is 6.92 Å². The Morgan fingerprint density at radius 3 is 2.38 bits per heavy atom. The first kappa shape index (κ1) is 16.8. The molecule has 0 amide bonds. The zero-order chi connectivity index (χ0) is 16.2. The number of halogens is 4. The first-order chi connectivity index (χ1) is 9.46. The largest absolute Gasteiger partial charge is 0.419 e. The molecule has 0 bridgehead atoms. The van der Waals surface area contributed by atoms with E-state index >= 15 is 0 Å². The first-order valence-electron chi connectivity index (χ1n) is 6.15. The van der Waals surface area contributed by atoms with Crippen molar-refractivity contribution in [3.63, 3.8) is 0 Å². The minimum absolute atomic E-state index is 0.396. The molecular weight excluding hydrogens is 316 g/mol. The smallest absolute Gasteiger partial charge is 0.387 e. The number of aliphatic hydroxyl groups excluding tert-OH is 1. The van der Waals surface area contributed by atoms with Crippen molar-refractivity contribution in [2.45, 2.75) is 48.6 Å². The van der Waals surface area contributed by atoms with E-state index in [9.17, 15) is 27.8 Å². The number of thioether (sulfide) groups is 1. The van der Waals surface area contributed by atoms with Gasteiger partial charge in [0.15, 0.2) is 16.9 Å². The third kappa shape index (κ3) is 2.73. The molecule has 6 atom stereocenters. The minimum atomic E-state index is -5.06. The maximum Gasteiger partial charge on any atom is 0.419 e. The number of rotatable bonds is 1. The highest BCUT2D eigenvalue weighted by Crippen LogP contribution is 2.44. The van der Waals surface area contributed by atoms with E-state index in [2.05, 4.69) is 4.99 Å². The summed E-state index contributed by atoms with van der Waals surface area (Å²) in [4.78, 5) is 5.57. The highest BCUT2D eigenvalue weighted by Gasteiger charge is 2.63. The Bertz CT molecular complexity index is 444. The van der Waals surface area contributed by atoms with Crippen molar-refractivity contribution >= 4 is 16.9 Å². The molecule has 2 heterocycles. The zero-order valence-electron chi connectivity index (χ0n) is 11.5. The maximum atomic E-state index is 14.2. The lowest BCUT2D eigenvalue weighted by atomic mass is 9.87. The topological polar surface area (TPSA) is 65.3 Å². The molecule has 2 unspecified atom stereocenters. The number of fused-ring (bicyclic) bond motifs is 1.